The normalized spacial score (nSPS) is 11.6. The number of carbonyl (C=O) groups excluding carboxylic acids is 1. The lowest BCUT2D eigenvalue weighted by atomic mass is 10.0. The van der Waals surface area contributed by atoms with Gasteiger partial charge in [0.2, 0.25) is 5.91 Å². The number of aromatic hydroxyl groups is 1. The van der Waals surface area contributed by atoms with E-state index >= 15 is 0 Å². The summed E-state index contributed by atoms with van der Waals surface area (Å²) in [5, 5.41) is 11.4. The summed E-state index contributed by atoms with van der Waals surface area (Å²) in [5.41, 5.74) is 3.79. The van der Waals surface area contributed by atoms with Gasteiger partial charge in [0.05, 0.1) is 43.1 Å². The highest BCUT2D eigenvalue weighted by atomic mass is 16.5. The number of benzene rings is 2. The van der Waals surface area contributed by atoms with Crippen LogP contribution in [0, 0.1) is 0 Å². The van der Waals surface area contributed by atoms with Gasteiger partial charge >= 0.3 is 0 Å². The molecule has 0 aliphatic rings. The molecule has 0 spiro atoms. The summed E-state index contributed by atoms with van der Waals surface area (Å²) in [5.74, 6) is 1.26. The zero-order chi connectivity index (χ0) is 21.8. The van der Waals surface area contributed by atoms with Gasteiger partial charge in [-0.15, -0.1) is 0 Å². The Morgan fingerprint density at radius 3 is 2.30 bits per heavy atom. The van der Waals surface area contributed by atoms with Crippen LogP contribution in [0.1, 0.15) is 24.5 Å². The van der Waals surface area contributed by atoms with Crippen LogP contribution in [0.15, 0.2) is 41.4 Å². The lowest BCUT2D eigenvalue weighted by Gasteiger charge is -2.10. The summed E-state index contributed by atoms with van der Waals surface area (Å²) in [6, 6.07) is 11.2. The zero-order valence-electron chi connectivity index (χ0n) is 17.9. The number of nitrogens with one attached hydrogen (secondary N) is 1. The molecule has 0 unspecified atom stereocenters. The van der Waals surface area contributed by atoms with E-state index in [2.05, 4.69) is 4.98 Å². The molecule has 3 rings (SSSR count). The van der Waals surface area contributed by atoms with E-state index in [0.717, 1.165) is 27.9 Å². The Bertz CT molecular complexity index is 1080. The fraction of sp³-hybridized carbons (Fsp3) is 0.304. The fourth-order valence-electron chi connectivity index (χ4n) is 3.29. The average Bonchev–Trinajstić information content (AvgIpc) is 3.06. The SMILES string of the molecule is CCC(=Nc1ccc(CC(=O)N(C)C)cc1)c1c(O)[nH]c2cc(OC)c(OC)cc12. The summed E-state index contributed by atoms with van der Waals surface area (Å²) in [7, 11) is 6.63. The van der Waals surface area contributed by atoms with Gasteiger partial charge in [0.1, 0.15) is 0 Å². The average molecular weight is 409 g/mol. The van der Waals surface area contributed by atoms with Gasteiger partial charge in [-0.2, -0.15) is 0 Å². The third kappa shape index (κ3) is 4.25. The van der Waals surface area contributed by atoms with E-state index in [4.69, 9.17) is 14.5 Å². The van der Waals surface area contributed by atoms with Crippen molar-refractivity contribution < 1.29 is 19.4 Å². The number of methoxy groups -OCH3 is 2. The summed E-state index contributed by atoms with van der Waals surface area (Å²) in [4.78, 5) is 21.2. The molecule has 30 heavy (non-hydrogen) atoms. The van der Waals surface area contributed by atoms with Gasteiger partial charge in [-0.05, 0) is 30.2 Å². The quantitative estimate of drug-likeness (QED) is 0.576. The number of ether oxygens (including phenoxy) is 2. The Kier molecular flexibility index (Phi) is 6.30. The minimum Gasteiger partial charge on any atom is -0.494 e. The van der Waals surface area contributed by atoms with Crippen molar-refractivity contribution in [3.05, 3.63) is 47.5 Å². The second-order valence-corrected chi connectivity index (χ2v) is 7.14. The molecular formula is C23H27N3O4. The number of aromatic nitrogens is 1. The van der Waals surface area contributed by atoms with Crippen molar-refractivity contribution in [3.8, 4) is 17.4 Å². The molecule has 0 fully saturated rings. The van der Waals surface area contributed by atoms with Crippen LogP contribution in [0.4, 0.5) is 5.69 Å². The molecule has 0 saturated heterocycles. The first-order valence-corrected chi connectivity index (χ1v) is 9.71. The number of aromatic amines is 1. The van der Waals surface area contributed by atoms with Gasteiger partial charge in [0, 0.05) is 25.5 Å². The van der Waals surface area contributed by atoms with Gasteiger partial charge < -0.3 is 24.5 Å². The van der Waals surface area contributed by atoms with Gasteiger partial charge in [0.25, 0.3) is 0 Å². The maximum Gasteiger partial charge on any atom is 0.226 e. The number of fused-ring (bicyclic) bond motifs is 1. The van der Waals surface area contributed by atoms with Gasteiger partial charge in [0.15, 0.2) is 17.4 Å². The highest BCUT2D eigenvalue weighted by Gasteiger charge is 2.18. The molecule has 0 saturated carbocycles. The summed E-state index contributed by atoms with van der Waals surface area (Å²) in [6.45, 7) is 1.99. The molecule has 0 bridgehead atoms. The number of carbonyl (C=O) groups is 1. The van der Waals surface area contributed by atoms with Crippen LogP contribution >= 0.6 is 0 Å². The molecular weight excluding hydrogens is 382 g/mol. The summed E-state index contributed by atoms with van der Waals surface area (Å²) in [6.07, 6.45) is 0.970. The van der Waals surface area contributed by atoms with Gasteiger partial charge in [-0.25, -0.2) is 0 Å². The Labute approximate surface area is 176 Å². The number of rotatable bonds is 7. The summed E-state index contributed by atoms with van der Waals surface area (Å²) < 4.78 is 10.8. The Morgan fingerprint density at radius 1 is 1.10 bits per heavy atom. The van der Waals surface area contributed by atoms with Crippen molar-refractivity contribution in [2.75, 3.05) is 28.3 Å². The monoisotopic (exact) mass is 409 g/mol. The van der Waals surface area contributed by atoms with Crippen LogP contribution in [0.2, 0.25) is 0 Å². The van der Waals surface area contributed by atoms with Crippen LogP contribution in [0.3, 0.4) is 0 Å². The molecule has 158 valence electrons. The minimum atomic E-state index is 0.0496. The van der Waals surface area contributed by atoms with Gasteiger partial charge in [-0.1, -0.05) is 19.1 Å². The van der Waals surface area contributed by atoms with Crippen molar-refractivity contribution >= 4 is 28.2 Å². The molecule has 0 radical (unpaired) electrons. The second-order valence-electron chi connectivity index (χ2n) is 7.14. The number of likely N-dealkylation sites (N-methyl/N-ethyl adjacent to an activating group) is 1. The van der Waals surface area contributed by atoms with E-state index in [0.29, 0.717) is 29.9 Å². The highest BCUT2D eigenvalue weighted by molar-refractivity contribution is 6.14. The predicted octanol–water partition coefficient (Wildman–Crippen LogP) is 4.05. The number of H-pyrrole nitrogens is 1. The first-order valence-electron chi connectivity index (χ1n) is 9.71. The number of nitrogens with zero attached hydrogens (tertiary/aromatic N) is 2. The van der Waals surface area contributed by atoms with Crippen LogP contribution in [0.25, 0.3) is 10.9 Å². The lowest BCUT2D eigenvalue weighted by Crippen LogP contribution is -2.23. The van der Waals surface area contributed by atoms with E-state index in [1.165, 1.54) is 0 Å². The first-order chi connectivity index (χ1) is 14.4. The molecule has 2 N–H and O–H groups in total. The highest BCUT2D eigenvalue weighted by Crippen LogP contribution is 2.37. The lowest BCUT2D eigenvalue weighted by molar-refractivity contribution is -0.127. The van der Waals surface area contributed by atoms with Crippen LogP contribution < -0.4 is 9.47 Å². The van der Waals surface area contributed by atoms with Crippen LogP contribution in [-0.2, 0) is 11.2 Å². The van der Waals surface area contributed by atoms with Crippen molar-refractivity contribution in [2.24, 2.45) is 4.99 Å². The molecule has 7 nitrogen and oxygen atoms in total. The van der Waals surface area contributed by atoms with Crippen molar-refractivity contribution in [3.63, 3.8) is 0 Å². The molecule has 0 aliphatic carbocycles. The molecule has 1 amide bonds. The van der Waals surface area contributed by atoms with E-state index in [1.807, 2.05) is 37.3 Å². The summed E-state index contributed by atoms with van der Waals surface area (Å²) >= 11 is 0. The molecule has 3 aromatic rings. The predicted molar refractivity (Wildman–Crippen MR) is 118 cm³/mol. The minimum absolute atomic E-state index is 0.0496. The zero-order valence-corrected chi connectivity index (χ0v) is 17.9. The number of amides is 1. The molecule has 0 atom stereocenters. The van der Waals surface area contributed by atoms with Crippen LogP contribution in [0.5, 0.6) is 17.4 Å². The molecule has 1 heterocycles. The second kappa shape index (κ2) is 8.90. The fourth-order valence-corrected chi connectivity index (χ4v) is 3.29. The maximum absolute atomic E-state index is 11.9. The smallest absolute Gasteiger partial charge is 0.226 e. The largest absolute Gasteiger partial charge is 0.494 e. The maximum atomic E-state index is 11.9. The Hall–Kier alpha value is -3.48. The Morgan fingerprint density at radius 2 is 1.73 bits per heavy atom. The van der Waals surface area contributed by atoms with E-state index in [9.17, 15) is 9.90 Å². The standard InChI is InChI=1S/C23H27N3O4/c1-6-17(24-15-9-7-14(8-10-15)11-21(27)26(2)3)22-16-12-19(29-4)20(30-5)13-18(16)25-23(22)28/h7-10,12-13,25,28H,6,11H2,1-5H3. The van der Waals surface area contributed by atoms with E-state index in [1.54, 1.807) is 39.3 Å². The molecule has 1 aromatic heterocycles. The third-order valence-corrected chi connectivity index (χ3v) is 4.96. The molecule has 7 heteroatoms. The Balaban J connectivity index is 1.99. The first kappa shape index (κ1) is 21.2. The van der Waals surface area contributed by atoms with E-state index < -0.39 is 0 Å². The topological polar surface area (TPSA) is 87.2 Å². The van der Waals surface area contributed by atoms with Crippen molar-refractivity contribution in [2.45, 2.75) is 19.8 Å². The third-order valence-electron chi connectivity index (χ3n) is 4.96. The molecule has 0 aliphatic heterocycles. The van der Waals surface area contributed by atoms with Gasteiger partial charge in [-0.3, -0.25) is 9.79 Å². The van der Waals surface area contributed by atoms with Crippen LogP contribution in [-0.4, -0.2) is 54.9 Å². The van der Waals surface area contributed by atoms with Crippen molar-refractivity contribution in [1.29, 1.82) is 0 Å². The van der Waals surface area contributed by atoms with Crippen molar-refractivity contribution in [1.82, 2.24) is 9.88 Å². The van der Waals surface area contributed by atoms with E-state index in [-0.39, 0.29) is 11.8 Å². The molecule has 2 aromatic carbocycles. The number of hydrogen-bond donors (Lipinski definition) is 2. The number of hydrogen-bond acceptors (Lipinski definition) is 5. The number of aliphatic imine (C=N–C) groups is 1.